The van der Waals surface area contributed by atoms with Crippen molar-refractivity contribution in [2.75, 3.05) is 32.6 Å². The molecule has 0 spiro atoms. The maximum absolute atomic E-state index is 11.3. The second-order valence-corrected chi connectivity index (χ2v) is 4.99. The molecule has 1 aromatic carbocycles. The highest BCUT2D eigenvalue weighted by atomic mass is 16.5. The van der Waals surface area contributed by atoms with Crippen molar-refractivity contribution >= 4 is 11.6 Å². The Balaban J connectivity index is 1.96. The number of amides is 1. The number of nitrogens with zero attached hydrogens (tertiary/aromatic N) is 1. The molecular formula is C15H22N2O3. The molecule has 1 aromatic rings. The fourth-order valence-corrected chi connectivity index (χ4v) is 2.50. The zero-order chi connectivity index (χ0) is 14.5. The zero-order valence-corrected chi connectivity index (χ0v) is 12.3. The van der Waals surface area contributed by atoms with Crippen molar-refractivity contribution in [3.63, 3.8) is 0 Å². The van der Waals surface area contributed by atoms with Crippen molar-refractivity contribution < 1.29 is 14.3 Å². The molecule has 0 bridgehead atoms. The van der Waals surface area contributed by atoms with Gasteiger partial charge in [-0.15, -0.1) is 0 Å². The summed E-state index contributed by atoms with van der Waals surface area (Å²) in [6, 6.07) is 6.21. The van der Waals surface area contributed by atoms with Gasteiger partial charge >= 0.3 is 0 Å². The zero-order valence-electron chi connectivity index (χ0n) is 12.3. The van der Waals surface area contributed by atoms with E-state index in [9.17, 15) is 4.79 Å². The van der Waals surface area contributed by atoms with Gasteiger partial charge in [-0.1, -0.05) is 0 Å². The summed E-state index contributed by atoms with van der Waals surface area (Å²) in [6.07, 6.45) is 1.93. The van der Waals surface area contributed by atoms with E-state index in [1.165, 1.54) is 0 Å². The summed E-state index contributed by atoms with van der Waals surface area (Å²) in [5.41, 5.74) is 1.02. The van der Waals surface area contributed by atoms with Gasteiger partial charge in [-0.05, 0) is 25.0 Å². The number of ether oxygens (including phenoxy) is 2. The van der Waals surface area contributed by atoms with E-state index in [-0.39, 0.29) is 5.91 Å². The lowest BCUT2D eigenvalue weighted by Gasteiger charge is -2.32. The number of carbonyl (C=O) groups is 1. The summed E-state index contributed by atoms with van der Waals surface area (Å²) in [5.74, 6) is 1.61. The number of likely N-dealkylation sites (tertiary alicyclic amines) is 1. The predicted molar refractivity (Wildman–Crippen MR) is 78.4 cm³/mol. The summed E-state index contributed by atoms with van der Waals surface area (Å²) < 4.78 is 10.5. The fourth-order valence-electron chi connectivity index (χ4n) is 2.50. The van der Waals surface area contributed by atoms with Gasteiger partial charge in [0, 0.05) is 37.8 Å². The van der Waals surface area contributed by atoms with Gasteiger partial charge in [0.2, 0.25) is 5.91 Å². The number of methoxy groups -OCH3 is 2. The number of hydrogen-bond acceptors (Lipinski definition) is 4. The molecule has 0 aliphatic carbocycles. The summed E-state index contributed by atoms with van der Waals surface area (Å²) in [5, 5.41) is 3.49. The van der Waals surface area contributed by atoms with E-state index in [0.717, 1.165) is 43.1 Å². The normalized spacial score (nSPS) is 15.8. The molecule has 1 saturated heterocycles. The van der Waals surface area contributed by atoms with E-state index in [1.54, 1.807) is 21.1 Å². The minimum atomic E-state index is 0.162. The molecule has 20 heavy (non-hydrogen) atoms. The average molecular weight is 278 g/mol. The number of benzene rings is 1. The van der Waals surface area contributed by atoms with E-state index in [0.29, 0.717) is 6.04 Å². The lowest BCUT2D eigenvalue weighted by atomic mass is 10.0. The van der Waals surface area contributed by atoms with Gasteiger partial charge in [-0.3, -0.25) is 4.79 Å². The molecule has 1 N–H and O–H groups in total. The molecule has 0 radical (unpaired) electrons. The topological polar surface area (TPSA) is 50.8 Å². The Hall–Kier alpha value is -1.91. The highest BCUT2D eigenvalue weighted by Gasteiger charge is 2.20. The molecule has 0 aromatic heterocycles. The number of carbonyl (C=O) groups excluding carboxylic acids is 1. The highest BCUT2D eigenvalue weighted by molar-refractivity contribution is 5.73. The van der Waals surface area contributed by atoms with E-state index in [4.69, 9.17) is 9.47 Å². The van der Waals surface area contributed by atoms with Crippen LogP contribution in [0.25, 0.3) is 0 Å². The standard InChI is InChI=1S/C15H22N2O3/c1-11(18)17-8-6-12(7-9-17)16-13-4-5-14(19-2)15(10-13)20-3/h4-5,10,12,16H,6-9H2,1-3H3. The predicted octanol–water partition coefficient (Wildman–Crippen LogP) is 2.13. The van der Waals surface area contributed by atoms with E-state index >= 15 is 0 Å². The third-order valence-electron chi connectivity index (χ3n) is 3.69. The Labute approximate surface area is 119 Å². The second kappa shape index (κ2) is 6.50. The third-order valence-corrected chi connectivity index (χ3v) is 3.69. The van der Waals surface area contributed by atoms with Crippen LogP contribution in [-0.2, 0) is 4.79 Å². The Bertz CT molecular complexity index is 468. The van der Waals surface area contributed by atoms with Crippen molar-refractivity contribution in [1.82, 2.24) is 4.90 Å². The summed E-state index contributed by atoms with van der Waals surface area (Å²) in [6.45, 7) is 3.27. The Morgan fingerprint density at radius 2 is 1.85 bits per heavy atom. The Morgan fingerprint density at radius 1 is 1.20 bits per heavy atom. The monoisotopic (exact) mass is 278 g/mol. The molecule has 1 amide bonds. The van der Waals surface area contributed by atoms with E-state index < -0.39 is 0 Å². The maximum atomic E-state index is 11.3. The second-order valence-electron chi connectivity index (χ2n) is 4.99. The van der Waals surface area contributed by atoms with Gasteiger partial charge in [0.25, 0.3) is 0 Å². The van der Waals surface area contributed by atoms with Crippen molar-refractivity contribution in [1.29, 1.82) is 0 Å². The van der Waals surface area contributed by atoms with Crippen molar-refractivity contribution in [3.05, 3.63) is 18.2 Å². The van der Waals surface area contributed by atoms with Crippen LogP contribution in [0.2, 0.25) is 0 Å². The number of rotatable bonds is 4. The first-order valence-electron chi connectivity index (χ1n) is 6.88. The molecule has 1 aliphatic heterocycles. The van der Waals surface area contributed by atoms with Gasteiger partial charge in [0.05, 0.1) is 14.2 Å². The van der Waals surface area contributed by atoms with Crippen LogP contribution in [0.3, 0.4) is 0 Å². The van der Waals surface area contributed by atoms with Gasteiger partial charge in [0.15, 0.2) is 11.5 Å². The molecule has 0 unspecified atom stereocenters. The summed E-state index contributed by atoms with van der Waals surface area (Å²) >= 11 is 0. The van der Waals surface area contributed by atoms with Crippen molar-refractivity contribution in [2.45, 2.75) is 25.8 Å². The minimum absolute atomic E-state index is 0.162. The summed E-state index contributed by atoms with van der Waals surface area (Å²) in [4.78, 5) is 13.2. The SMILES string of the molecule is COc1ccc(NC2CCN(C(C)=O)CC2)cc1OC. The van der Waals surface area contributed by atoms with Gasteiger partial charge in [-0.2, -0.15) is 0 Å². The van der Waals surface area contributed by atoms with E-state index in [2.05, 4.69) is 5.32 Å². The highest BCUT2D eigenvalue weighted by Crippen LogP contribution is 2.30. The first-order chi connectivity index (χ1) is 9.63. The number of nitrogens with one attached hydrogen (secondary N) is 1. The molecular weight excluding hydrogens is 256 g/mol. The molecule has 2 rings (SSSR count). The first-order valence-corrected chi connectivity index (χ1v) is 6.88. The smallest absolute Gasteiger partial charge is 0.219 e. The Morgan fingerprint density at radius 3 is 2.40 bits per heavy atom. The molecule has 1 aliphatic rings. The lowest BCUT2D eigenvalue weighted by Crippen LogP contribution is -2.41. The first kappa shape index (κ1) is 14.5. The van der Waals surface area contributed by atoms with Crippen LogP contribution in [0.15, 0.2) is 18.2 Å². The lowest BCUT2D eigenvalue weighted by molar-refractivity contribution is -0.129. The molecule has 0 atom stereocenters. The van der Waals surface area contributed by atoms with Crippen LogP contribution >= 0.6 is 0 Å². The quantitative estimate of drug-likeness (QED) is 0.916. The van der Waals surface area contributed by atoms with Crippen LogP contribution in [0.4, 0.5) is 5.69 Å². The molecule has 1 fully saturated rings. The van der Waals surface area contributed by atoms with Gasteiger partial charge in [0.1, 0.15) is 0 Å². The van der Waals surface area contributed by atoms with Crippen molar-refractivity contribution in [2.24, 2.45) is 0 Å². The largest absolute Gasteiger partial charge is 0.493 e. The van der Waals surface area contributed by atoms with Gasteiger partial charge < -0.3 is 19.7 Å². The van der Waals surface area contributed by atoms with Crippen molar-refractivity contribution in [3.8, 4) is 11.5 Å². The molecule has 110 valence electrons. The minimum Gasteiger partial charge on any atom is -0.493 e. The molecule has 0 saturated carbocycles. The molecule has 5 nitrogen and oxygen atoms in total. The van der Waals surface area contributed by atoms with Crippen LogP contribution < -0.4 is 14.8 Å². The van der Waals surface area contributed by atoms with Gasteiger partial charge in [-0.25, -0.2) is 0 Å². The Kier molecular flexibility index (Phi) is 4.71. The van der Waals surface area contributed by atoms with Crippen LogP contribution in [0.5, 0.6) is 11.5 Å². The number of hydrogen-bond donors (Lipinski definition) is 1. The maximum Gasteiger partial charge on any atom is 0.219 e. The summed E-state index contributed by atoms with van der Waals surface area (Å²) in [7, 11) is 3.26. The third kappa shape index (κ3) is 3.35. The fraction of sp³-hybridized carbons (Fsp3) is 0.533. The van der Waals surface area contributed by atoms with Crippen LogP contribution in [-0.4, -0.2) is 44.2 Å². The molecule has 5 heteroatoms. The number of piperidine rings is 1. The van der Waals surface area contributed by atoms with E-state index in [1.807, 2.05) is 23.1 Å². The average Bonchev–Trinajstić information content (AvgIpc) is 2.47. The van der Waals surface area contributed by atoms with Crippen LogP contribution in [0, 0.1) is 0 Å². The number of anilines is 1. The van der Waals surface area contributed by atoms with Crippen LogP contribution in [0.1, 0.15) is 19.8 Å². The molecule has 1 heterocycles.